The molecule has 0 atom stereocenters. The highest BCUT2D eigenvalue weighted by molar-refractivity contribution is 5.13. The number of aromatic nitrogens is 1. The highest BCUT2D eigenvalue weighted by Gasteiger charge is 2.21. The third kappa shape index (κ3) is 118. The van der Waals surface area contributed by atoms with Gasteiger partial charge in [-0.1, -0.05) is 483 Å². The van der Waals surface area contributed by atoms with Gasteiger partial charge >= 0.3 is 0 Å². The van der Waals surface area contributed by atoms with Gasteiger partial charge in [0, 0.05) is 24.1 Å². The highest BCUT2D eigenvalue weighted by atomic mass is 16.0. The van der Waals surface area contributed by atoms with E-state index in [1.165, 1.54) is 544 Å². The summed E-state index contributed by atoms with van der Waals surface area (Å²) in [5, 5.41) is 0. The molecule has 0 unspecified atom stereocenters. The van der Waals surface area contributed by atoms with Gasteiger partial charge in [0.15, 0.2) is 12.4 Å². The normalized spacial score (nSPS) is 11.2. The molecule has 1 aromatic heterocycles. The van der Waals surface area contributed by atoms with Crippen molar-refractivity contribution in [3.63, 3.8) is 0 Å². The second-order valence-electron chi connectivity index (χ2n) is 39.6. The van der Waals surface area contributed by atoms with Crippen molar-refractivity contribution >= 4 is 0 Å². The van der Waals surface area contributed by atoms with E-state index in [-0.39, 0.29) is 27.4 Å². The van der Waals surface area contributed by atoms with Crippen LogP contribution < -0.4 is 9.47 Å². The molecule has 724 valence electrons. The molecule has 120 heavy (non-hydrogen) atoms. The Bertz CT molecular complexity index is 1980. The molecule has 1 heterocycles. The van der Waals surface area contributed by atoms with E-state index in [9.17, 15) is 0 Å². The van der Waals surface area contributed by atoms with Crippen LogP contribution in [-0.2, 0) is 13.1 Å². The van der Waals surface area contributed by atoms with E-state index in [1.54, 1.807) is 4.90 Å². The number of hydrogen-bond donors (Lipinski definition) is 1. The van der Waals surface area contributed by atoms with Gasteiger partial charge in [0.05, 0.1) is 95.6 Å². The largest absolute Gasteiger partial charge is 0.870 e. The predicted molar refractivity (Wildman–Crippen MR) is 535 cm³/mol. The fourth-order valence-electron chi connectivity index (χ4n) is 16.9. The summed E-state index contributed by atoms with van der Waals surface area (Å²) in [6, 6.07) is 17.2. The topological polar surface area (TPSA) is 158 Å². The molecule has 1 aromatic carbocycles. The molecule has 0 radical (unpaired) electrons. The second kappa shape index (κ2) is 111. The summed E-state index contributed by atoms with van der Waals surface area (Å²) in [4.78, 5) is 1.60. The van der Waals surface area contributed by atoms with Crippen molar-refractivity contribution in [2.45, 2.75) is 550 Å². The van der Waals surface area contributed by atoms with Crippen LogP contribution in [0.1, 0.15) is 542 Å². The number of nitrogens with zero attached hydrogens (tertiary/aromatic N) is 4. The highest BCUT2D eigenvalue weighted by Crippen LogP contribution is 2.22. The summed E-state index contributed by atoms with van der Waals surface area (Å²) in [6.07, 6.45) is 114. The molecule has 0 amide bonds. The van der Waals surface area contributed by atoms with Crippen molar-refractivity contribution in [2.24, 2.45) is 0 Å². The van der Waals surface area contributed by atoms with E-state index in [2.05, 4.69) is 170 Å². The van der Waals surface area contributed by atoms with Crippen molar-refractivity contribution < 1.29 is 50.3 Å². The van der Waals surface area contributed by atoms with Gasteiger partial charge in [0.1, 0.15) is 13.1 Å². The third-order valence-electron chi connectivity index (χ3n) is 25.0. The fraction of sp³-hybridized carbons (Fsp3) is 0.900. The van der Waals surface area contributed by atoms with Crippen LogP contribution in [-0.4, -0.2) is 136 Å². The number of rotatable bonds is 85. The van der Waals surface area contributed by atoms with Crippen molar-refractivity contribution in [3.8, 4) is 0 Å². The molecule has 2 aromatic rings. The maximum atomic E-state index is 2.56. The Balaban J connectivity index is -0.000000216. The lowest BCUT2D eigenvalue weighted by Gasteiger charge is -2.35. The number of unbranched alkanes of at least 4 members (excludes halogenated alkanes) is 69. The molecule has 0 aliphatic carbocycles. The zero-order chi connectivity index (χ0) is 84.7. The van der Waals surface area contributed by atoms with Crippen LogP contribution in [0.2, 0.25) is 0 Å². The van der Waals surface area contributed by atoms with Crippen LogP contribution in [0.3, 0.4) is 0 Å². The molecule has 6 N–H and O–H groups in total. The first kappa shape index (κ1) is 134. The Kier molecular flexibility index (Phi) is 124. The Morgan fingerprint density at radius 1 is 0.217 bits per heavy atom. The van der Waals surface area contributed by atoms with Crippen LogP contribution in [0.15, 0.2) is 60.9 Å². The molecule has 0 fully saturated rings. The molecule has 0 aliphatic heterocycles. The van der Waals surface area contributed by atoms with E-state index in [0.29, 0.717) is 0 Å². The van der Waals surface area contributed by atoms with Gasteiger partial charge < -0.3 is 45.7 Å². The van der Waals surface area contributed by atoms with Crippen LogP contribution in [0, 0.1) is 0 Å². The summed E-state index contributed by atoms with van der Waals surface area (Å²) in [5.74, 6) is 0. The Hall–Kier alpha value is -1.99. The van der Waals surface area contributed by atoms with Gasteiger partial charge in [0.2, 0.25) is 0 Å². The number of benzene rings is 1. The fourth-order valence-corrected chi connectivity index (χ4v) is 16.9. The Labute approximate surface area is 757 Å². The van der Waals surface area contributed by atoms with E-state index >= 15 is 0 Å². The average molecular weight is 1700 g/mol. The molecular weight excluding hydrogens is 1470 g/mol. The van der Waals surface area contributed by atoms with Crippen LogP contribution in [0.25, 0.3) is 0 Å². The number of hydrogen-bond acceptors (Lipinski definition) is 5. The average Bonchev–Trinajstić information content (AvgIpc) is 0.861. The SMILES string of the molecule is CCCCCCCCCCCCCCCCCC[NH+](C)C.CCCCCCCCCCCCCCCC[N+](C)(C)C.CCCCCCCCCCCCCCCC[N+](C)(C)Cc1ccccc1.CCCCCCCCCCCCCCCC[n+]1ccccc1.CCCCCCCC[N+](C)(CCCCCCCC)CCCCCCCC.[OH-].[OH-].[OH-].[OH-].[OH-]. The molecule has 0 spiro atoms. The monoisotopic (exact) mass is 1700 g/mol. The summed E-state index contributed by atoms with van der Waals surface area (Å²) in [6.45, 7) is 26.7. The molecular formula is C110H229N5O5. The minimum atomic E-state index is 0. The van der Waals surface area contributed by atoms with Crippen molar-refractivity contribution in [1.29, 1.82) is 0 Å². The maximum absolute atomic E-state index is 2.56. The Morgan fingerprint density at radius 2 is 0.408 bits per heavy atom. The lowest BCUT2D eigenvalue weighted by atomic mass is 10.0. The van der Waals surface area contributed by atoms with Crippen LogP contribution >= 0.6 is 0 Å². The minimum absolute atomic E-state index is 0. The lowest BCUT2D eigenvalue weighted by Crippen LogP contribution is -3.05. The number of pyridine rings is 1. The first-order valence-corrected chi connectivity index (χ1v) is 53.3. The summed E-state index contributed by atoms with van der Waals surface area (Å²) < 4.78 is 5.89. The van der Waals surface area contributed by atoms with Crippen molar-refractivity contribution in [2.75, 3.05) is 95.6 Å². The maximum Gasteiger partial charge on any atom is 0.168 e. The summed E-state index contributed by atoms with van der Waals surface area (Å²) >= 11 is 0. The second-order valence-corrected chi connectivity index (χ2v) is 39.6. The van der Waals surface area contributed by atoms with Gasteiger partial charge in [-0.2, -0.15) is 0 Å². The molecule has 0 saturated heterocycles. The molecule has 2 rings (SSSR count). The van der Waals surface area contributed by atoms with Gasteiger partial charge in [-0.3, -0.25) is 0 Å². The van der Waals surface area contributed by atoms with E-state index in [4.69, 9.17) is 0 Å². The Morgan fingerprint density at radius 3 is 0.633 bits per heavy atom. The smallest absolute Gasteiger partial charge is 0.168 e. The van der Waals surface area contributed by atoms with E-state index in [0.717, 1.165) is 15.5 Å². The number of quaternary nitrogens is 4. The molecule has 0 aliphatic rings. The minimum Gasteiger partial charge on any atom is -0.870 e. The number of nitrogens with one attached hydrogen (secondary N) is 1. The van der Waals surface area contributed by atoms with E-state index < -0.39 is 0 Å². The quantitative estimate of drug-likeness (QED) is 0.0396. The zero-order valence-electron chi connectivity index (χ0n) is 85.2. The molecule has 10 heteroatoms. The summed E-state index contributed by atoms with van der Waals surface area (Å²) in [7, 11) is 18.7. The van der Waals surface area contributed by atoms with Crippen molar-refractivity contribution in [1.82, 2.24) is 0 Å². The van der Waals surface area contributed by atoms with Gasteiger partial charge in [0.25, 0.3) is 0 Å². The van der Waals surface area contributed by atoms with Gasteiger partial charge in [-0.05, 0) is 83.5 Å². The first-order chi connectivity index (χ1) is 56.1. The van der Waals surface area contributed by atoms with Crippen molar-refractivity contribution in [3.05, 3.63) is 66.5 Å². The molecule has 0 saturated carbocycles. The first-order valence-electron chi connectivity index (χ1n) is 53.3. The summed E-state index contributed by atoms with van der Waals surface area (Å²) in [5.41, 5.74) is 1.46. The lowest BCUT2D eigenvalue weighted by molar-refractivity contribution is -0.910. The predicted octanol–water partition coefficient (Wildman–Crippen LogP) is 33.4. The third-order valence-corrected chi connectivity index (χ3v) is 25.0. The molecule has 0 bridgehead atoms. The molecule has 10 nitrogen and oxygen atoms in total. The van der Waals surface area contributed by atoms with Crippen LogP contribution in [0.4, 0.5) is 0 Å². The van der Waals surface area contributed by atoms with Crippen LogP contribution in [0.5, 0.6) is 0 Å². The number of aryl methyl sites for hydroxylation is 1. The van der Waals surface area contributed by atoms with Gasteiger partial charge in [-0.25, -0.2) is 4.57 Å². The standard InChI is InChI=1S/C25H46N.C25H54N.C21H38N.C20H43N.C19H42N.5H2O/c1-4-5-6-7-8-9-10-11-12-13-14-15-16-20-23-26(2,3)24-25-21-18-17-19-22-25;1-5-8-11-14-17-20-23-26(4,24-21-18-15-12-9-6-2)25-22-19-16-13-10-7-3;1-2-3-4-5-6-7-8-9-10-11-12-13-14-16-19-22-20-17-15-18-21-22;1-4-5-6-7-8-9-10-11-12-13-14-15-16-17-18-19-20-21(2)3;1-5-6-7-8-9-10-11-12-13-14-15-16-17-18-19-20(2,3)4;;;;;/h17-19,21-22H,4-16,20,23-24H2,1-3H3;5-25H2,1-4H3;15,17-18,20-21H,2-14,16,19H2,1H3;4-20H2,1-3H3;5-19H2,1-4H3;5*1H2/q3*+1;;+1;;;;;/p-4. The zero-order valence-corrected chi connectivity index (χ0v) is 85.2. The van der Waals surface area contributed by atoms with Gasteiger partial charge in [-0.15, -0.1) is 0 Å². The van der Waals surface area contributed by atoms with E-state index in [1.807, 2.05) is 0 Å².